The number of benzene rings is 2. The van der Waals surface area contributed by atoms with Gasteiger partial charge in [-0.2, -0.15) is 8.78 Å². The van der Waals surface area contributed by atoms with Crippen LogP contribution in [0.5, 0.6) is 5.75 Å². The normalized spacial score (nSPS) is 12.6. The summed E-state index contributed by atoms with van der Waals surface area (Å²) in [5, 5.41) is 0.835. The number of thiazole rings is 1. The lowest BCUT2D eigenvalue weighted by Gasteiger charge is -2.21. The van der Waals surface area contributed by atoms with Crippen LogP contribution in [0.4, 0.5) is 8.78 Å². The molecule has 0 bridgehead atoms. The molecule has 1 amide bonds. The van der Waals surface area contributed by atoms with Crippen molar-refractivity contribution in [2.24, 2.45) is 0 Å². The number of carbonyl (C=O) groups is 1. The molecule has 1 heterocycles. The number of amides is 1. The Morgan fingerprint density at radius 3 is 2.63 bits per heavy atom. The summed E-state index contributed by atoms with van der Waals surface area (Å²) in [6, 6.07) is 13.9. The number of aromatic nitrogens is 1. The largest absolute Gasteiger partial charge is 0.434 e. The molecule has 0 fully saturated rings. The Kier molecular flexibility index (Phi) is 5.81. The number of rotatable bonds is 6. The highest BCUT2D eigenvalue weighted by molar-refractivity contribution is 7.18. The van der Waals surface area contributed by atoms with Gasteiger partial charge in [0.25, 0.3) is 0 Å². The zero-order valence-electron chi connectivity index (χ0n) is 14.8. The van der Waals surface area contributed by atoms with E-state index in [9.17, 15) is 13.6 Å². The SMILES string of the molecule is C[C@@H](c1nc2ccccc2s1)N(C)C(=O)/C=C/c1ccccc1OC(F)F. The van der Waals surface area contributed by atoms with Crippen molar-refractivity contribution in [2.75, 3.05) is 7.05 Å². The van der Waals surface area contributed by atoms with E-state index in [0.717, 1.165) is 15.2 Å². The third-order valence-electron chi connectivity index (χ3n) is 4.14. The number of likely N-dealkylation sites (N-methyl/N-ethyl adjacent to an activating group) is 1. The van der Waals surface area contributed by atoms with E-state index in [1.54, 1.807) is 41.5 Å². The zero-order valence-corrected chi connectivity index (χ0v) is 15.6. The van der Waals surface area contributed by atoms with Gasteiger partial charge in [-0.3, -0.25) is 4.79 Å². The molecule has 0 N–H and O–H groups in total. The average Bonchev–Trinajstić information content (AvgIpc) is 3.09. The molecule has 0 aliphatic rings. The van der Waals surface area contributed by atoms with Crippen molar-refractivity contribution in [1.82, 2.24) is 9.88 Å². The smallest absolute Gasteiger partial charge is 0.387 e. The van der Waals surface area contributed by atoms with E-state index in [4.69, 9.17) is 0 Å². The number of para-hydroxylation sites is 2. The van der Waals surface area contributed by atoms with Gasteiger partial charge >= 0.3 is 6.61 Å². The fourth-order valence-corrected chi connectivity index (χ4v) is 3.59. The van der Waals surface area contributed by atoms with E-state index in [2.05, 4.69) is 9.72 Å². The van der Waals surface area contributed by atoms with Gasteiger partial charge in [0.2, 0.25) is 5.91 Å². The summed E-state index contributed by atoms with van der Waals surface area (Å²) >= 11 is 1.54. The Bertz CT molecular complexity index is 938. The number of hydrogen-bond donors (Lipinski definition) is 0. The van der Waals surface area contributed by atoms with Crippen LogP contribution in [0.2, 0.25) is 0 Å². The van der Waals surface area contributed by atoms with E-state index in [0.29, 0.717) is 5.56 Å². The van der Waals surface area contributed by atoms with Gasteiger partial charge in [-0.15, -0.1) is 11.3 Å². The van der Waals surface area contributed by atoms with E-state index in [-0.39, 0.29) is 17.7 Å². The first-order valence-electron chi connectivity index (χ1n) is 8.30. The van der Waals surface area contributed by atoms with Crippen molar-refractivity contribution in [3.05, 3.63) is 65.2 Å². The zero-order chi connectivity index (χ0) is 19.4. The van der Waals surface area contributed by atoms with Gasteiger partial charge in [-0.1, -0.05) is 30.3 Å². The van der Waals surface area contributed by atoms with Crippen LogP contribution in [-0.2, 0) is 4.79 Å². The van der Waals surface area contributed by atoms with Crippen LogP contribution in [0.3, 0.4) is 0 Å². The molecule has 0 aliphatic heterocycles. The van der Waals surface area contributed by atoms with Gasteiger partial charge in [0.15, 0.2) is 0 Å². The number of carbonyl (C=O) groups excluding carboxylic acids is 1. The monoisotopic (exact) mass is 388 g/mol. The molecule has 4 nitrogen and oxygen atoms in total. The molecule has 0 radical (unpaired) electrons. The van der Waals surface area contributed by atoms with Gasteiger partial charge < -0.3 is 9.64 Å². The molecule has 1 aromatic heterocycles. The van der Waals surface area contributed by atoms with Gasteiger partial charge in [0.1, 0.15) is 10.8 Å². The molecule has 27 heavy (non-hydrogen) atoms. The molecular weight excluding hydrogens is 370 g/mol. The maximum atomic E-state index is 12.5. The highest BCUT2D eigenvalue weighted by atomic mass is 32.1. The average molecular weight is 388 g/mol. The maximum absolute atomic E-state index is 12.5. The minimum Gasteiger partial charge on any atom is -0.434 e. The summed E-state index contributed by atoms with van der Waals surface area (Å²) in [5.41, 5.74) is 1.31. The van der Waals surface area contributed by atoms with Gasteiger partial charge in [0.05, 0.1) is 16.3 Å². The Morgan fingerprint density at radius 2 is 1.89 bits per heavy atom. The lowest BCUT2D eigenvalue weighted by atomic mass is 10.2. The van der Waals surface area contributed by atoms with Crippen LogP contribution in [0, 0.1) is 0 Å². The van der Waals surface area contributed by atoms with E-state index in [1.165, 1.54) is 18.2 Å². The summed E-state index contributed by atoms with van der Waals surface area (Å²) in [6.07, 6.45) is 2.82. The van der Waals surface area contributed by atoms with Crippen molar-refractivity contribution in [1.29, 1.82) is 0 Å². The minimum absolute atomic E-state index is 0.0263. The van der Waals surface area contributed by atoms with E-state index in [1.807, 2.05) is 31.2 Å². The lowest BCUT2D eigenvalue weighted by Crippen LogP contribution is -2.27. The second-order valence-corrected chi connectivity index (χ2v) is 6.96. The number of ether oxygens (including phenoxy) is 1. The molecular formula is C20H18F2N2O2S. The number of alkyl halides is 2. The summed E-state index contributed by atoms with van der Waals surface area (Å²) in [7, 11) is 1.69. The summed E-state index contributed by atoms with van der Waals surface area (Å²) < 4.78 is 30.5. The van der Waals surface area contributed by atoms with Crippen molar-refractivity contribution >= 4 is 33.5 Å². The quantitative estimate of drug-likeness (QED) is 0.550. The molecule has 1 atom stereocenters. The first-order chi connectivity index (χ1) is 13.0. The molecule has 0 saturated carbocycles. The Labute approximate surface area is 159 Å². The molecule has 0 unspecified atom stereocenters. The Morgan fingerprint density at radius 1 is 1.19 bits per heavy atom. The van der Waals surface area contributed by atoms with Crippen molar-refractivity contribution in [3.63, 3.8) is 0 Å². The van der Waals surface area contributed by atoms with Crippen LogP contribution in [0.15, 0.2) is 54.6 Å². The van der Waals surface area contributed by atoms with Crippen molar-refractivity contribution < 1.29 is 18.3 Å². The predicted octanol–water partition coefficient (Wildman–Crippen LogP) is 5.13. The Balaban J connectivity index is 1.74. The lowest BCUT2D eigenvalue weighted by molar-refractivity contribution is -0.126. The second-order valence-electron chi connectivity index (χ2n) is 5.89. The first-order valence-corrected chi connectivity index (χ1v) is 9.11. The Hall–Kier alpha value is -2.80. The molecule has 0 aliphatic carbocycles. The second kappa shape index (κ2) is 8.26. The van der Waals surface area contributed by atoms with Crippen LogP contribution in [0.25, 0.3) is 16.3 Å². The molecule has 7 heteroatoms. The highest BCUT2D eigenvalue weighted by Crippen LogP contribution is 2.29. The number of fused-ring (bicyclic) bond motifs is 1. The predicted molar refractivity (Wildman–Crippen MR) is 103 cm³/mol. The standard InChI is InChI=1S/C20H18F2N2O2S/c1-13(19-23-15-8-4-6-10-17(15)27-19)24(2)18(25)12-11-14-7-3-5-9-16(14)26-20(21)22/h3-13,20H,1-2H3/b12-11+/t13-/m0/s1. The first kappa shape index (κ1) is 19.0. The van der Waals surface area contributed by atoms with Crippen LogP contribution in [-0.4, -0.2) is 29.5 Å². The van der Waals surface area contributed by atoms with Gasteiger partial charge in [0, 0.05) is 18.7 Å². The van der Waals surface area contributed by atoms with E-state index < -0.39 is 6.61 Å². The van der Waals surface area contributed by atoms with Crippen LogP contribution in [0.1, 0.15) is 23.5 Å². The van der Waals surface area contributed by atoms with Gasteiger partial charge in [-0.05, 0) is 31.2 Å². The number of halogens is 2. The third-order valence-corrected chi connectivity index (χ3v) is 5.34. The van der Waals surface area contributed by atoms with Crippen LogP contribution < -0.4 is 4.74 Å². The molecule has 140 valence electrons. The molecule has 0 saturated heterocycles. The molecule has 2 aromatic carbocycles. The minimum atomic E-state index is -2.92. The topological polar surface area (TPSA) is 42.4 Å². The maximum Gasteiger partial charge on any atom is 0.387 e. The summed E-state index contributed by atoms with van der Waals surface area (Å²) in [5.74, 6) is -0.230. The fraction of sp³-hybridized carbons (Fsp3) is 0.200. The molecule has 3 aromatic rings. The summed E-state index contributed by atoms with van der Waals surface area (Å²) in [4.78, 5) is 18.6. The van der Waals surface area contributed by atoms with Crippen molar-refractivity contribution in [2.45, 2.75) is 19.6 Å². The highest BCUT2D eigenvalue weighted by Gasteiger charge is 2.19. The molecule has 0 spiro atoms. The van der Waals surface area contributed by atoms with Gasteiger partial charge in [-0.25, -0.2) is 4.98 Å². The third kappa shape index (κ3) is 4.49. The van der Waals surface area contributed by atoms with E-state index >= 15 is 0 Å². The number of nitrogens with zero attached hydrogens (tertiary/aromatic N) is 2. The molecule has 3 rings (SSSR count). The van der Waals surface area contributed by atoms with Crippen molar-refractivity contribution in [3.8, 4) is 5.75 Å². The summed E-state index contributed by atoms with van der Waals surface area (Å²) in [6.45, 7) is -1.02. The fourth-order valence-electron chi connectivity index (χ4n) is 2.53. The number of hydrogen-bond acceptors (Lipinski definition) is 4. The van der Waals surface area contributed by atoms with Crippen LogP contribution >= 0.6 is 11.3 Å².